The highest BCUT2D eigenvalue weighted by Gasteiger charge is 2.21. The molecule has 28 heavy (non-hydrogen) atoms. The van der Waals surface area contributed by atoms with Gasteiger partial charge >= 0.3 is 6.09 Å². The zero-order valence-electron chi connectivity index (χ0n) is 16.5. The van der Waals surface area contributed by atoms with E-state index in [2.05, 4.69) is 39.9 Å². The van der Waals surface area contributed by atoms with Crippen LogP contribution in [-0.2, 0) is 4.74 Å². The summed E-state index contributed by atoms with van der Waals surface area (Å²) in [4.78, 5) is 16.0. The van der Waals surface area contributed by atoms with Crippen molar-refractivity contribution in [3.63, 3.8) is 0 Å². The van der Waals surface area contributed by atoms with Crippen molar-refractivity contribution in [1.29, 1.82) is 0 Å². The molecule has 0 spiro atoms. The molecular weight excluding hydrogens is 352 g/mol. The van der Waals surface area contributed by atoms with Crippen LogP contribution < -0.4 is 16.4 Å². The quantitative estimate of drug-likeness (QED) is 0.600. The smallest absolute Gasteiger partial charge is 0.411 e. The highest BCUT2D eigenvalue weighted by molar-refractivity contribution is 5.88. The number of hydrogen-bond donors (Lipinski definition) is 3. The van der Waals surface area contributed by atoms with Crippen molar-refractivity contribution < 1.29 is 9.53 Å². The highest BCUT2D eigenvalue weighted by Crippen LogP contribution is 2.34. The number of benzene rings is 1. The zero-order valence-corrected chi connectivity index (χ0v) is 16.5. The second-order valence-electron chi connectivity index (χ2n) is 7.32. The van der Waals surface area contributed by atoms with Gasteiger partial charge in [0.1, 0.15) is 11.6 Å². The predicted molar refractivity (Wildman–Crippen MR) is 113 cm³/mol. The third kappa shape index (κ3) is 5.62. The van der Waals surface area contributed by atoms with Crippen molar-refractivity contribution in [2.24, 2.45) is 5.92 Å². The molecule has 1 aliphatic rings. The lowest BCUT2D eigenvalue weighted by Crippen LogP contribution is -2.19. The van der Waals surface area contributed by atoms with Gasteiger partial charge in [-0.15, -0.1) is 0 Å². The summed E-state index contributed by atoms with van der Waals surface area (Å²) in [6.07, 6.45) is 7.14. The monoisotopic (exact) mass is 382 g/mol. The second-order valence-corrected chi connectivity index (χ2v) is 7.32. The number of carbonyl (C=O) groups is 1. The number of nitrogens with one attached hydrogen (secondary N) is 2. The first-order chi connectivity index (χ1) is 13.7. The number of anilines is 3. The number of ether oxygens (including phenoxy) is 1. The van der Waals surface area contributed by atoms with Gasteiger partial charge in [-0.1, -0.05) is 62.4 Å². The topological polar surface area (TPSA) is 89.3 Å². The number of pyridine rings is 1. The van der Waals surface area contributed by atoms with Crippen LogP contribution in [0.2, 0.25) is 0 Å². The van der Waals surface area contributed by atoms with Gasteiger partial charge in [0.05, 0.1) is 18.3 Å². The summed E-state index contributed by atoms with van der Waals surface area (Å²) in [5.74, 6) is 1.70. The molecule has 0 saturated heterocycles. The van der Waals surface area contributed by atoms with E-state index in [0.717, 1.165) is 12.3 Å². The molecule has 0 aliphatic heterocycles. The fourth-order valence-corrected chi connectivity index (χ4v) is 3.84. The first-order valence-corrected chi connectivity index (χ1v) is 10.2. The Kier molecular flexibility index (Phi) is 7.12. The molecule has 0 bridgehead atoms. The average molecular weight is 383 g/mol. The van der Waals surface area contributed by atoms with Gasteiger partial charge in [-0.2, -0.15) is 0 Å². The van der Waals surface area contributed by atoms with Crippen molar-refractivity contribution in [2.45, 2.75) is 51.5 Å². The molecule has 1 heterocycles. The molecule has 1 saturated carbocycles. The lowest BCUT2D eigenvalue weighted by Gasteiger charge is -2.28. The van der Waals surface area contributed by atoms with E-state index in [0.29, 0.717) is 18.1 Å². The maximum Gasteiger partial charge on any atom is 0.411 e. The Morgan fingerprint density at radius 2 is 1.93 bits per heavy atom. The molecule has 1 atom stereocenters. The van der Waals surface area contributed by atoms with E-state index in [1.54, 1.807) is 13.0 Å². The van der Waals surface area contributed by atoms with Crippen molar-refractivity contribution in [3.8, 4) is 0 Å². The highest BCUT2D eigenvalue weighted by atomic mass is 16.5. The third-order valence-electron chi connectivity index (χ3n) is 5.25. The van der Waals surface area contributed by atoms with Crippen LogP contribution in [-0.4, -0.2) is 17.7 Å². The number of nitrogens with zero attached hydrogens (tertiary/aromatic N) is 1. The minimum absolute atomic E-state index is 0.181. The van der Waals surface area contributed by atoms with Crippen molar-refractivity contribution >= 4 is 23.4 Å². The van der Waals surface area contributed by atoms with E-state index in [1.807, 2.05) is 12.1 Å². The van der Waals surface area contributed by atoms with Gasteiger partial charge in [-0.3, -0.25) is 5.32 Å². The Morgan fingerprint density at radius 3 is 2.61 bits per heavy atom. The molecule has 6 heteroatoms. The summed E-state index contributed by atoms with van der Waals surface area (Å²) in [6, 6.07) is 14.3. The summed E-state index contributed by atoms with van der Waals surface area (Å²) in [5, 5.41) is 6.17. The van der Waals surface area contributed by atoms with E-state index in [-0.39, 0.29) is 11.9 Å². The van der Waals surface area contributed by atoms with Crippen molar-refractivity contribution in [3.05, 3.63) is 48.0 Å². The standard InChI is InChI=1S/C22H30N4O2/c1-2-28-22(27)25-18-13-14-20(26-21(18)23)24-19(17-11-7-4-8-12-17)15-16-9-5-3-6-10-16/h4,7-8,11-14,16,19H,2-3,5-6,9-10,15H2,1H3,(H,25,27)(H3,23,24,26). The maximum absolute atomic E-state index is 11.6. The number of rotatable bonds is 7. The fraction of sp³-hybridized carbons (Fsp3) is 0.455. The molecule has 3 rings (SSSR count). The molecule has 1 aliphatic carbocycles. The van der Waals surface area contributed by atoms with Crippen LogP contribution in [0.25, 0.3) is 0 Å². The SMILES string of the molecule is CCOC(=O)Nc1ccc(NC(CC2CCCCC2)c2ccccc2)nc1N. The van der Waals surface area contributed by atoms with Crippen LogP contribution >= 0.6 is 0 Å². The minimum Gasteiger partial charge on any atom is -0.450 e. The summed E-state index contributed by atoms with van der Waals surface area (Å²) >= 11 is 0. The van der Waals surface area contributed by atoms with Gasteiger partial charge in [-0.25, -0.2) is 9.78 Å². The zero-order chi connectivity index (χ0) is 19.8. The molecule has 1 fully saturated rings. The molecule has 1 aromatic carbocycles. The minimum atomic E-state index is -0.531. The summed E-state index contributed by atoms with van der Waals surface area (Å²) in [6.45, 7) is 2.06. The molecule has 6 nitrogen and oxygen atoms in total. The Morgan fingerprint density at radius 1 is 1.18 bits per heavy atom. The lowest BCUT2D eigenvalue weighted by molar-refractivity contribution is 0.168. The molecule has 1 amide bonds. The summed E-state index contributed by atoms with van der Waals surface area (Å²) < 4.78 is 4.89. The maximum atomic E-state index is 11.6. The number of aromatic nitrogens is 1. The Labute approximate surface area is 166 Å². The largest absolute Gasteiger partial charge is 0.450 e. The first-order valence-electron chi connectivity index (χ1n) is 10.2. The molecule has 0 radical (unpaired) electrons. The summed E-state index contributed by atoms with van der Waals surface area (Å²) in [5.41, 5.74) is 7.75. The van der Waals surface area contributed by atoms with Gasteiger partial charge in [-0.05, 0) is 37.0 Å². The van der Waals surface area contributed by atoms with E-state index in [4.69, 9.17) is 10.5 Å². The van der Waals surface area contributed by atoms with Gasteiger partial charge in [0.15, 0.2) is 0 Å². The first kappa shape index (κ1) is 20.0. The Bertz CT molecular complexity index is 760. The average Bonchev–Trinajstić information content (AvgIpc) is 2.71. The van der Waals surface area contributed by atoms with E-state index < -0.39 is 6.09 Å². The molecule has 150 valence electrons. The van der Waals surface area contributed by atoms with Gasteiger partial charge in [0, 0.05) is 0 Å². The molecule has 1 aromatic heterocycles. The number of hydrogen-bond acceptors (Lipinski definition) is 5. The second kappa shape index (κ2) is 9.97. The summed E-state index contributed by atoms with van der Waals surface area (Å²) in [7, 11) is 0. The fourth-order valence-electron chi connectivity index (χ4n) is 3.84. The van der Waals surface area contributed by atoms with Gasteiger partial charge in [0.2, 0.25) is 0 Å². The number of nitrogens with two attached hydrogens (primary N) is 1. The van der Waals surface area contributed by atoms with Crippen LogP contribution in [0.5, 0.6) is 0 Å². The van der Waals surface area contributed by atoms with Crippen molar-refractivity contribution in [1.82, 2.24) is 4.98 Å². The van der Waals surface area contributed by atoms with Gasteiger partial charge in [0.25, 0.3) is 0 Å². The van der Waals surface area contributed by atoms with Crippen LogP contribution in [0.4, 0.5) is 22.1 Å². The predicted octanol–water partition coefficient (Wildman–Crippen LogP) is 5.36. The lowest BCUT2D eigenvalue weighted by atomic mass is 9.83. The van der Waals surface area contributed by atoms with Crippen LogP contribution in [0.1, 0.15) is 57.1 Å². The van der Waals surface area contributed by atoms with Crippen LogP contribution in [0.3, 0.4) is 0 Å². The van der Waals surface area contributed by atoms with Gasteiger partial charge < -0.3 is 15.8 Å². The Balaban J connectivity index is 1.72. The van der Waals surface area contributed by atoms with Crippen LogP contribution in [0.15, 0.2) is 42.5 Å². The van der Waals surface area contributed by atoms with E-state index >= 15 is 0 Å². The van der Waals surface area contributed by atoms with Crippen molar-refractivity contribution in [2.75, 3.05) is 23.0 Å². The normalized spacial score (nSPS) is 15.6. The third-order valence-corrected chi connectivity index (χ3v) is 5.25. The van der Waals surface area contributed by atoms with E-state index in [1.165, 1.54) is 37.7 Å². The Hall–Kier alpha value is -2.76. The molecular formula is C22H30N4O2. The molecule has 1 unspecified atom stereocenters. The number of nitrogen functional groups attached to an aromatic ring is 1. The molecule has 4 N–H and O–H groups in total. The number of carbonyl (C=O) groups excluding carboxylic acids is 1. The molecule has 2 aromatic rings. The number of amides is 1. The van der Waals surface area contributed by atoms with E-state index in [9.17, 15) is 4.79 Å². The van der Waals surface area contributed by atoms with Crippen LogP contribution in [0, 0.1) is 5.92 Å².